The van der Waals surface area contributed by atoms with Crippen LogP contribution < -0.4 is 4.90 Å². The molecule has 0 fully saturated rings. The van der Waals surface area contributed by atoms with E-state index in [0.717, 1.165) is 21.3 Å². The van der Waals surface area contributed by atoms with Gasteiger partial charge in [0, 0.05) is 12.4 Å². The summed E-state index contributed by atoms with van der Waals surface area (Å²) in [4.78, 5) is 23.6. The molecule has 7 heteroatoms. The highest BCUT2D eigenvalue weighted by atomic mass is 79.9. The smallest absolute Gasteiger partial charge is 0.296 e. The highest BCUT2D eigenvalue weighted by Gasteiger charge is 2.24. The molecule has 0 aliphatic carbocycles. The van der Waals surface area contributed by atoms with Gasteiger partial charge in [0.05, 0.1) is 16.8 Å². The molecule has 4 aromatic rings. The minimum absolute atomic E-state index is 0.240. The van der Waals surface area contributed by atoms with Crippen molar-refractivity contribution in [2.24, 2.45) is 0 Å². The first kappa shape index (κ1) is 16.9. The highest BCUT2D eigenvalue weighted by Crippen LogP contribution is 2.32. The van der Waals surface area contributed by atoms with Crippen molar-refractivity contribution in [2.75, 3.05) is 4.90 Å². The lowest BCUT2D eigenvalue weighted by molar-refractivity contribution is 0.0957. The zero-order chi connectivity index (χ0) is 18.1. The summed E-state index contributed by atoms with van der Waals surface area (Å²) in [6.45, 7) is 2.38. The van der Waals surface area contributed by atoms with Crippen molar-refractivity contribution in [3.63, 3.8) is 0 Å². The molecule has 0 radical (unpaired) electrons. The number of furan rings is 1. The van der Waals surface area contributed by atoms with Gasteiger partial charge >= 0.3 is 0 Å². The van der Waals surface area contributed by atoms with Gasteiger partial charge in [-0.2, -0.15) is 0 Å². The van der Waals surface area contributed by atoms with Crippen molar-refractivity contribution in [1.29, 1.82) is 0 Å². The topological polar surface area (TPSA) is 59.2 Å². The summed E-state index contributed by atoms with van der Waals surface area (Å²) in [5.41, 5.74) is 2.92. The summed E-state index contributed by atoms with van der Waals surface area (Å²) < 4.78 is 7.03. The third kappa shape index (κ3) is 3.27. The predicted octanol–water partition coefficient (Wildman–Crippen LogP) is 5.20. The molecule has 0 saturated heterocycles. The van der Waals surface area contributed by atoms with E-state index < -0.39 is 0 Å². The molecule has 0 atom stereocenters. The zero-order valence-electron chi connectivity index (χ0n) is 13.8. The molecule has 0 bridgehead atoms. The number of fused-ring (bicyclic) bond motifs is 1. The first-order valence-corrected chi connectivity index (χ1v) is 9.55. The second-order valence-electron chi connectivity index (χ2n) is 5.77. The summed E-state index contributed by atoms with van der Waals surface area (Å²) in [5, 5.41) is 0.635. The first-order chi connectivity index (χ1) is 12.6. The van der Waals surface area contributed by atoms with Crippen molar-refractivity contribution < 1.29 is 9.21 Å². The van der Waals surface area contributed by atoms with Crippen molar-refractivity contribution in [2.45, 2.75) is 13.5 Å². The minimum Gasteiger partial charge on any atom is -0.444 e. The average molecular weight is 428 g/mol. The Kier molecular flexibility index (Phi) is 4.57. The maximum atomic E-state index is 13.1. The molecule has 0 saturated carbocycles. The molecule has 0 aliphatic rings. The summed E-state index contributed by atoms with van der Waals surface area (Å²) in [7, 11) is 0. The van der Waals surface area contributed by atoms with Crippen LogP contribution in [0.5, 0.6) is 0 Å². The fourth-order valence-electron chi connectivity index (χ4n) is 2.65. The summed E-state index contributed by atoms with van der Waals surface area (Å²) in [6, 6.07) is 13.2. The number of carbonyl (C=O) groups excluding carboxylic acids is 1. The largest absolute Gasteiger partial charge is 0.444 e. The Morgan fingerprint density at radius 1 is 1.23 bits per heavy atom. The van der Waals surface area contributed by atoms with E-state index in [1.807, 2.05) is 37.3 Å². The second-order valence-corrected chi connectivity index (χ2v) is 7.57. The van der Waals surface area contributed by atoms with Gasteiger partial charge in [0.25, 0.3) is 5.91 Å². The number of benzene rings is 1. The number of aromatic nitrogens is 2. The number of thiazole rings is 1. The van der Waals surface area contributed by atoms with Crippen molar-refractivity contribution >= 4 is 48.5 Å². The normalized spacial score (nSPS) is 11.0. The number of aryl methyl sites for hydroxylation is 1. The molecule has 26 heavy (non-hydrogen) atoms. The van der Waals surface area contributed by atoms with Crippen molar-refractivity contribution in [1.82, 2.24) is 9.97 Å². The van der Waals surface area contributed by atoms with Gasteiger partial charge in [0.15, 0.2) is 15.6 Å². The Hall–Kier alpha value is -2.51. The number of anilines is 1. The molecule has 0 unspecified atom stereocenters. The van der Waals surface area contributed by atoms with Gasteiger partial charge in [0.2, 0.25) is 0 Å². The Bertz CT molecular complexity index is 1070. The first-order valence-electron chi connectivity index (χ1n) is 7.94. The van der Waals surface area contributed by atoms with Crippen LogP contribution in [-0.2, 0) is 6.54 Å². The molecule has 3 aromatic heterocycles. The van der Waals surface area contributed by atoms with Crippen LogP contribution in [0.25, 0.3) is 10.2 Å². The molecule has 3 heterocycles. The standard InChI is InChI=1S/C19H14BrN3O2S/c1-12-4-2-6-15-17(12)22-19(26-15)23(11-13-5-3-9-21-10-13)18(24)14-7-8-16(20)25-14/h2-10H,11H2,1H3. The fraction of sp³-hybridized carbons (Fsp3) is 0.105. The zero-order valence-corrected chi connectivity index (χ0v) is 16.3. The quantitative estimate of drug-likeness (QED) is 0.448. The Morgan fingerprint density at radius 3 is 2.81 bits per heavy atom. The van der Waals surface area contributed by atoms with E-state index >= 15 is 0 Å². The number of rotatable bonds is 4. The van der Waals surface area contributed by atoms with Crippen LogP contribution in [0.3, 0.4) is 0 Å². The van der Waals surface area contributed by atoms with E-state index in [2.05, 4.69) is 20.9 Å². The molecular weight excluding hydrogens is 414 g/mol. The molecule has 1 amide bonds. The van der Waals surface area contributed by atoms with Crippen LogP contribution in [0.2, 0.25) is 0 Å². The van der Waals surface area contributed by atoms with E-state index in [1.54, 1.807) is 29.4 Å². The minimum atomic E-state index is -0.240. The van der Waals surface area contributed by atoms with Gasteiger partial charge in [-0.05, 0) is 58.2 Å². The van der Waals surface area contributed by atoms with Gasteiger partial charge < -0.3 is 4.42 Å². The fourth-order valence-corrected chi connectivity index (χ4v) is 4.00. The summed E-state index contributed by atoms with van der Waals surface area (Å²) in [5.74, 6) is 0.0213. The van der Waals surface area contributed by atoms with E-state index in [4.69, 9.17) is 9.40 Å². The Balaban J connectivity index is 1.78. The number of amides is 1. The molecule has 0 aliphatic heterocycles. The van der Waals surface area contributed by atoms with E-state index in [-0.39, 0.29) is 11.7 Å². The summed E-state index contributed by atoms with van der Waals surface area (Å²) >= 11 is 4.74. The van der Waals surface area contributed by atoms with Gasteiger partial charge in [-0.3, -0.25) is 14.7 Å². The molecule has 0 N–H and O–H groups in total. The lowest BCUT2D eigenvalue weighted by Gasteiger charge is -2.18. The lowest BCUT2D eigenvalue weighted by atomic mass is 10.2. The average Bonchev–Trinajstić information content (AvgIpc) is 3.27. The molecular formula is C19H14BrN3O2S. The molecule has 0 spiro atoms. The third-order valence-electron chi connectivity index (χ3n) is 3.93. The molecule has 130 valence electrons. The highest BCUT2D eigenvalue weighted by molar-refractivity contribution is 9.10. The molecule has 1 aromatic carbocycles. The number of halogens is 1. The number of hydrogen-bond acceptors (Lipinski definition) is 5. The van der Waals surface area contributed by atoms with E-state index in [9.17, 15) is 4.79 Å². The van der Waals surface area contributed by atoms with Crippen LogP contribution >= 0.6 is 27.3 Å². The second kappa shape index (κ2) is 7.01. The van der Waals surface area contributed by atoms with Crippen LogP contribution in [0.4, 0.5) is 5.13 Å². The van der Waals surface area contributed by atoms with Gasteiger partial charge in [-0.15, -0.1) is 0 Å². The Labute approximate surface area is 162 Å². The van der Waals surface area contributed by atoms with Gasteiger partial charge in [-0.1, -0.05) is 29.5 Å². The van der Waals surface area contributed by atoms with E-state index in [0.29, 0.717) is 16.3 Å². The van der Waals surface area contributed by atoms with Gasteiger partial charge in [0.1, 0.15) is 0 Å². The molecule has 5 nitrogen and oxygen atoms in total. The van der Waals surface area contributed by atoms with Crippen LogP contribution in [0.15, 0.2) is 63.9 Å². The third-order valence-corrected chi connectivity index (χ3v) is 5.40. The van der Waals surface area contributed by atoms with Crippen molar-refractivity contribution in [3.8, 4) is 0 Å². The van der Waals surface area contributed by atoms with Crippen LogP contribution in [0, 0.1) is 6.92 Å². The maximum Gasteiger partial charge on any atom is 0.296 e. The predicted molar refractivity (Wildman–Crippen MR) is 106 cm³/mol. The molecule has 4 rings (SSSR count). The number of para-hydroxylation sites is 1. The van der Waals surface area contributed by atoms with Crippen molar-refractivity contribution in [3.05, 3.63) is 76.4 Å². The number of carbonyl (C=O) groups is 1. The van der Waals surface area contributed by atoms with Crippen LogP contribution in [-0.4, -0.2) is 15.9 Å². The number of hydrogen-bond donors (Lipinski definition) is 0. The number of nitrogens with zero attached hydrogens (tertiary/aromatic N) is 3. The van der Waals surface area contributed by atoms with E-state index in [1.165, 1.54) is 11.3 Å². The SMILES string of the molecule is Cc1cccc2sc(N(Cc3cccnc3)C(=O)c3ccc(Br)o3)nc12. The lowest BCUT2D eigenvalue weighted by Crippen LogP contribution is -2.30. The van der Waals surface area contributed by atoms with Gasteiger partial charge in [-0.25, -0.2) is 4.98 Å². The summed E-state index contributed by atoms with van der Waals surface area (Å²) in [6.07, 6.45) is 3.46. The van der Waals surface area contributed by atoms with Crippen LogP contribution in [0.1, 0.15) is 21.7 Å². The maximum absolute atomic E-state index is 13.1. The monoisotopic (exact) mass is 427 g/mol. The number of pyridine rings is 1. The Morgan fingerprint density at radius 2 is 2.12 bits per heavy atom.